The van der Waals surface area contributed by atoms with Gasteiger partial charge in [-0.3, -0.25) is 5.41 Å². The third-order valence-corrected chi connectivity index (χ3v) is 6.91. The van der Waals surface area contributed by atoms with Gasteiger partial charge >= 0.3 is 0 Å². The summed E-state index contributed by atoms with van der Waals surface area (Å²) in [5, 5.41) is 39.5. The third-order valence-electron chi connectivity index (χ3n) is 6.16. The van der Waals surface area contributed by atoms with Gasteiger partial charge in [-0.15, -0.1) is 0 Å². The second-order valence-electron chi connectivity index (χ2n) is 7.44. The molecule has 1 N–H and O–H groups in total. The fourth-order valence-corrected chi connectivity index (χ4v) is 5.00. The molecule has 9 heteroatoms. The van der Waals surface area contributed by atoms with Crippen molar-refractivity contribution in [3.8, 4) is 18.2 Å². The highest BCUT2D eigenvalue weighted by Gasteiger charge is 2.79. The molecule has 4 unspecified atom stereocenters. The summed E-state index contributed by atoms with van der Waals surface area (Å²) in [7, 11) is 0. The van der Waals surface area contributed by atoms with Gasteiger partial charge in [0.05, 0.1) is 24.1 Å². The van der Waals surface area contributed by atoms with Crippen LogP contribution in [0, 0.1) is 62.0 Å². The zero-order chi connectivity index (χ0) is 22.6. The van der Waals surface area contributed by atoms with E-state index >= 15 is 4.39 Å². The smallest absolute Gasteiger partial charge is 0.244 e. The highest BCUT2D eigenvalue weighted by molar-refractivity contribution is 9.10. The minimum absolute atomic E-state index is 0.0885. The van der Waals surface area contributed by atoms with Gasteiger partial charge in [-0.1, -0.05) is 52.7 Å². The van der Waals surface area contributed by atoms with Gasteiger partial charge in [0.25, 0.3) is 0 Å². The number of nitrogens with one attached hydrogen (secondary N) is 1. The Morgan fingerprint density at radius 1 is 1.10 bits per heavy atom. The van der Waals surface area contributed by atoms with E-state index in [0.29, 0.717) is 15.1 Å². The normalized spacial score (nSPS) is 30.5. The molecule has 2 saturated heterocycles. The van der Waals surface area contributed by atoms with Gasteiger partial charge in [0, 0.05) is 20.6 Å². The van der Waals surface area contributed by atoms with Crippen LogP contribution in [0.1, 0.15) is 24.2 Å². The predicted molar refractivity (Wildman–Crippen MR) is 111 cm³/mol. The van der Waals surface area contributed by atoms with Crippen molar-refractivity contribution in [3.05, 3.63) is 68.9 Å². The van der Waals surface area contributed by atoms with E-state index in [1.807, 2.05) is 18.2 Å². The van der Waals surface area contributed by atoms with E-state index in [2.05, 4.69) is 15.9 Å². The lowest BCUT2D eigenvalue weighted by molar-refractivity contribution is -0.289. The van der Waals surface area contributed by atoms with Crippen LogP contribution in [0.25, 0.3) is 0 Å². The summed E-state index contributed by atoms with van der Waals surface area (Å²) >= 11 is 9.19. The molecule has 0 spiro atoms. The van der Waals surface area contributed by atoms with Crippen molar-refractivity contribution in [2.45, 2.75) is 18.8 Å². The SMILES string of the molecule is CC1C2(c3ccc(Cl)cc3)OC(=N)C1(C#N)C(C#N)(C#N)C(c1ccc(Br)cc1F)O2. The molecule has 2 aliphatic heterocycles. The first-order chi connectivity index (χ1) is 14.7. The summed E-state index contributed by atoms with van der Waals surface area (Å²) in [6.07, 6.45) is -1.51. The van der Waals surface area contributed by atoms with Gasteiger partial charge in [0.2, 0.25) is 17.1 Å². The number of halogens is 3. The number of ether oxygens (including phenoxy) is 2. The van der Waals surface area contributed by atoms with Crippen LogP contribution in [0.2, 0.25) is 5.02 Å². The highest BCUT2D eigenvalue weighted by atomic mass is 79.9. The fraction of sp³-hybridized carbons (Fsp3) is 0.273. The average Bonchev–Trinajstić information content (AvgIpc) is 2.91. The molecule has 2 aromatic rings. The van der Waals surface area contributed by atoms with E-state index in [1.165, 1.54) is 12.1 Å². The zero-order valence-electron chi connectivity index (χ0n) is 16.0. The largest absolute Gasteiger partial charge is 0.443 e. The van der Waals surface area contributed by atoms with Gasteiger partial charge in [-0.05, 0) is 24.3 Å². The second kappa shape index (κ2) is 7.04. The van der Waals surface area contributed by atoms with Crippen molar-refractivity contribution < 1.29 is 13.9 Å². The van der Waals surface area contributed by atoms with Crippen LogP contribution in [0.5, 0.6) is 0 Å². The lowest BCUT2D eigenvalue weighted by atomic mass is 9.53. The van der Waals surface area contributed by atoms with Crippen LogP contribution in [-0.4, -0.2) is 5.90 Å². The zero-order valence-corrected chi connectivity index (χ0v) is 18.3. The number of fused-ring (bicyclic) bond motifs is 2. The van der Waals surface area contributed by atoms with Gasteiger partial charge in [0.15, 0.2) is 5.41 Å². The van der Waals surface area contributed by atoms with Crippen LogP contribution in [0.3, 0.4) is 0 Å². The second-order valence-corrected chi connectivity index (χ2v) is 8.79. The van der Waals surface area contributed by atoms with Crippen molar-refractivity contribution in [1.82, 2.24) is 0 Å². The predicted octanol–water partition coefficient (Wildman–Crippen LogP) is 5.35. The molecule has 0 aromatic heterocycles. The fourth-order valence-electron chi connectivity index (χ4n) is 4.54. The Kier molecular flexibility index (Phi) is 4.83. The van der Waals surface area contributed by atoms with Crippen LogP contribution in [0.4, 0.5) is 4.39 Å². The standard InChI is InChI=1S/C22H13BrClFN4O2/c1-12-21(11-28)19(29)31-22(12,13-2-5-15(24)6-3-13)30-18(20(21,9-26)10-27)16-7-4-14(23)8-17(16)25/h2-8,12,18,29H,1H3. The van der Waals surface area contributed by atoms with Crippen LogP contribution in [-0.2, 0) is 15.3 Å². The minimum atomic E-state index is -2.24. The number of hydrogen-bond donors (Lipinski definition) is 1. The summed E-state index contributed by atoms with van der Waals surface area (Å²) in [6.45, 7) is 1.58. The number of nitriles is 3. The van der Waals surface area contributed by atoms with Crippen molar-refractivity contribution in [1.29, 1.82) is 21.2 Å². The van der Waals surface area contributed by atoms with Crippen molar-refractivity contribution in [2.24, 2.45) is 16.7 Å². The molecule has 0 amide bonds. The molecule has 31 heavy (non-hydrogen) atoms. The summed E-state index contributed by atoms with van der Waals surface area (Å²) in [5.74, 6) is -3.93. The van der Waals surface area contributed by atoms with Crippen LogP contribution >= 0.6 is 27.5 Å². The Balaban J connectivity index is 2.06. The molecule has 2 aliphatic rings. The van der Waals surface area contributed by atoms with Gasteiger partial charge in [0.1, 0.15) is 11.9 Å². The molecule has 2 heterocycles. The summed E-state index contributed by atoms with van der Waals surface area (Å²) in [6, 6.07) is 16.3. The molecule has 2 fully saturated rings. The van der Waals surface area contributed by atoms with Crippen molar-refractivity contribution >= 4 is 33.4 Å². The maximum absolute atomic E-state index is 15.0. The highest BCUT2D eigenvalue weighted by Crippen LogP contribution is 2.69. The number of hydrogen-bond acceptors (Lipinski definition) is 6. The Morgan fingerprint density at radius 2 is 1.74 bits per heavy atom. The summed E-state index contributed by atoms with van der Waals surface area (Å²) in [4.78, 5) is 0. The van der Waals surface area contributed by atoms with Gasteiger partial charge in [-0.2, -0.15) is 15.8 Å². The maximum Gasteiger partial charge on any atom is 0.244 e. The van der Waals surface area contributed by atoms with E-state index in [9.17, 15) is 15.8 Å². The van der Waals surface area contributed by atoms with E-state index in [-0.39, 0.29) is 5.56 Å². The molecule has 2 aromatic carbocycles. The molecule has 0 saturated carbocycles. The monoisotopic (exact) mass is 498 g/mol. The lowest BCUT2D eigenvalue weighted by Gasteiger charge is -2.48. The molecule has 0 aliphatic carbocycles. The number of nitrogens with zero attached hydrogens (tertiary/aromatic N) is 3. The maximum atomic E-state index is 15.0. The first-order valence-corrected chi connectivity index (χ1v) is 10.3. The molecule has 4 atom stereocenters. The molecular formula is C22H13BrClFN4O2. The lowest BCUT2D eigenvalue weighted by Crippen LogP contribution is -2.57. The minimum Gasteiger partial charge on any atom is -0.443 e. The summed E-state index contributed by atoms with van der Waals surface area (Å²) in [5.41, 5.74) is -3.90. The Bertz CT molecular complexity index is 1220. The van der Waals surface area contributed by atoms with Crippen molar-refractivity contribution in [3.63, 3.8) is 0 Å². The van der Waals surface area contributed by atoms with E-state index in [4.69, 9.17) is 26.5 Å². The molecule has 154 valence electrons. The quantitative estimate of drug-likeness (QED) is 0.598. The molecule has 4 rings (SSSR count). The van der Waals surface area contributed by atoms with Crippen LogP contribution in [0.15, 0.2) is 46.9 Å². The van der Waals surface area contributed by atoms with Crippen LogP contribution < -0.4 is 0 Å². The topological polar surface area (TPSA) is 114 Å². The van der Waals surface area contributed by atoms with E-state index < -0.39 is 40.4 Å². The number of rotatable bonds is 2. The van der Waals surface area contributed by atoms with E-state index in [0.717, 1.165) is 0 Å². The van der Waals surface area contributed by atoms with Gasteiger partial charge in [-0.25, -0.2) is 4.39 Å². The number of benzene rings is 2. The van der Waals surface area contributed by atoms with Gasteiger partial charge < -0.3 is 9.47 Å². The first-order valence-electron chi connectivity index (χ1n) is 9.13. The Labute approximate surface area is 191 Å². The first kappa shape index (κ1) is 21.3. The molecule has 2 bridgehead atoms. The van der Waals surface area contributed by atoms with E-state index in [1.54, 1.807) is 37.3 Å². The summed E-state index contributed by atoms with van der Waals surface area (Å²) < 4.78 is 27.5. The Morgan fingerprint density at radius 3 is 2.29 bits per heavy atom. The van der Waals surface area contributed by atoms with Crippen molar-refractivity contribution in [2.75, 3.05) is 0 Å². The molecular weight excluding hydrogens is 487 g/mol. The average molecular weight is 500 g/mol. The molecule has 0 radical (unpaired) electrons. The third kappa shape index (κ3) is 2.52. The molecule has 6 nitrogen and oxygen atoms in total. The Hall–Kier alpha value is -2.96.